The molecule has 0 radical (unpaired) electrons. The average Bonchev–Trinajstić information content (AvgIpc) is 2.70. The van der Waals surface area contributed by atoms with Gasteiger partial charge in [-0.15, -0.1) is 0 Å². The molecule has 1 aromatic carbocycles. The summed E-state index contributed by atoms with van der Waals surface area (Å²) in [4.78, 5) is 26.1. The lowest BCUT2D eigenvalue weighted by Gasteiger charge is -2.36. The number of rotatable bonds is 2. The molecule has 104 valence electrons. The Morgan fingerprint density at radius 3 is 2.65 bits per heavy atom. The van der Waals surface area contributed by atoms with Crippen LogP contribution in [0.2, 0.25) is 0 Å². The first kappa shape index (κ1) is 12.9. The van der Waals surface area contributed by atoms with Gasteiger partial charge in [0, 0.05) is 7.05 Å². The molecule has 4 heteroatoms. The van der Waals surface area contributed by atoms with E-state index in [9.17, 15) is 14.7 Å². The standard InChI is InChI=1S/C16H17NO3/c1-17-13(11-7-3-2-4-8-11)16(15(19)20)10-6-5-9-12(16)14(17)18/h2-8,12-13H,9-10H2,1H3,(H,19,20)/t12-,13+,16-/m0/s1. The molecule has 0 unspecified atom stereocenters. The molecule has 1 aromatic rings. The van der Waals surface area contributed by atoms with Crippen LogP contribution in [0.15, 0.2) is 42.5 Å². The average molecular weight is 271 g/mol. The van der Waals surface area contributed by atoms with E-state index in [1.165, 1.54) is 0 Å². The van der Waals surface area contributed by atoms with Gasteiger partial charge < -0.3 is 10.0 Å². The van der Waals surface area contributed by atoms with E-state index in [0.29, 0.717) is 12.8 Å². The number of carboxylic acids is 1. The molecule has 2 aliphatic rings. The molecule has 1 aliphatic heterocycles. The van der Waals surface area contributed by atoms with E-state index in [1.807, 2.05) is 42.5 Å². The van der Waals surface area contributed by atoms with Crippen molar-refractivity contribution in [1.29, 1.82) is 0 Å². The van der Waals surface area contributed by atoms with Gasteiger partial charge in [0.25, 0.3) is 0 Å². The molecule has 1 amide bonds. The highest BCUT2D eigenvalue weighted by atomic mass is 16.4. The van der Waals surface area contributed by atoms with Crippen molar-refractivity contribution < 1.29 is 14.7 Å². The van der Waals surface area contributed by atoms with Gasteiger partial charge in [0.1, 0.15) is 5.41 Å². The highest BCUT2D eigenvalue weighted by Crippen LogP contribution is 2.56. The maximum absolute atomic E-state index is 12.5. The molecular formula is C16H17NO3. The van der Waals surface area contributed by atoms with Crippen LogP contribution in [-0.2, 0) is 9.59 Å². The second kappa shape index (κ2) is 4.47. The Morgan fingerprint density at radius 1 is 1.30 bits per heavy atom. The molecular weight excluding hydrogens is 254 g/mol. The summed E-state index contributed by atoms with van der Waals surface area (Å²) >= 11 is 0. The largest absolute Gasteiger partial charge is 0.481 e. The van der Waals surface area contributed by atoms with Crippen molar-refractivity contribution in [2.24, 2.45) is 11.3 Å². The number of aliphatic carboxylic acids is 1. The second-order valence-electron chi connectivity index (χ2n) is 5.57. The van der Waals surface area contributed by atoms with Crippen LogP contribution in [0.25, 0.3) is 0 Å². The number of hydrogen-bond donors (Lipinski definition) is 1. The van der Waals surface area contributed by atoms with Gasteiger partial charge >= 0.3 is 5.97 Å². The molecule has 0 saturated carbocycles. The molecule has 1 N–H and O–H groups in total. The molecule has 4 nitrogen and oxygen atoms in total. The predicted octanol–water partition coefficient (Wildman–Crippen LogP) is 2.24. The van der Waals surface area contributed by atoms with E-state index in [0.717, 1.165) is 5.56 Å². The predicted molar refractivity (Wildman–Crippen MR) is 73.9 cm³/mol. The summed E-state index contributed by atoms with van der Waals surface area (Å²) in [6.45, 7) is 0. The first-order chi connectivity index (χ1) is 9.59. The Morgan fingerprint density at radius 2 is 2.00 bits per heavy atom. The Kier molecular flexibility index (Phi) is 2.89. The molecule has 1 aliphatic carbocycles. The molecule has 0 spiro atoms. The van der Waals surface area contributed by atoms with Crippen LogP contribution < -0.4 is 0 Å². The van der Waals surface area contributed by atoms with Crippen LogP contribution in [0.3, 0.4) is 0 Å². The van der Waals surface area contributed by atoms with E-state index in [2.05, 4.69) is 0 Å². The Hall–Kier alpha value is -2.10. The summed E-state index contributed by atoms with van der Waals surface area (Å²) in [6.07, 6.45) is 4.74. The van der Waals surface area contributed by atoms with Gasteiger partial charge in [0.15, 0.2) is 0 Å². The van der Waals surface area contributed by atoms with E-state index in [-0.39, 0.29) is 5.91 Å². The Labute approximate surface area is 117 Å². The number of amides is 1. The highest BCUT2D eigenvalue weighted by Gasteiger charge is 2.62. The zero-order chi connectivity index (χ0) is 14.3. The van der Waals surface area contributed by atoms with Gasteiger partial charge in [-0.1, -0.05) is 42.5 Å². The van der Waals surface area contributed by atoms with Gasteiger partial charge in [0.05, 0.1) is 12.0 Å². The lowest BCUT2D eigenvalue weighted by Crippen LogP contribution is -2.42. The maximum Gasteiger partial charge on any atom is 0.313 e. The fraction of sp³-hybridized carbons (Fsp3) is 0.375. The third-order valence-corrected chi connectivity index (χ3v) is 4.65. The third-order valence-electron chi connectivity index (χ3n) is 4.65. The van der Waals surface area contributed by atoms with Crippen LogP contribution in [0.1, 0.15) is 24.4 Å². The lowest BCUT2D eigenvalue weighted by atomic mass is 9.65. The number of carbonyl (C=O) groups is 2. The molecule has 1 saturated heterocycles. The quantitative estimate of drug-likeness (QED) is 0.839. The van der Waals surface area contributed by atoms with Gasteiger partial charge in [0.2, 0.25) is 5.91 Å². The zero-order valence-corrected chi connectivity index (χ0v) is 11.3. The summed E-state index contributed by atoms with van der Waals surface area (Å²) < 4.78 is 0. The first-order valence-electron chi connectivity index (χ1n) is 6.79. The molecule has 0 bridgehead atoms. The topological polar surface area (TPSA) is 57.6 Å². The number of benzene rings is 1. The summed E-state index contributed by atoms with van der Waals surface area (Å²) in [7, 11) is 1.71. The second-order valence-corrected chi connectivity index (χ2v) is 5.57. The van der Waals surface area contributed by atoms with Crippen LogP contribution in [0.5, 0.6) is 0 Å². The van der Waals surface area contributed by atoms with Crippen LogP contribution in [0, 0.1) is 11.3 Å². The minimum atomic E-state index is -1.04. The first-order valence-corrected chi connectivity index (χ1v) is 6.79. The van der Waals surface area contributed by atoms with Gasteiger partial charge in [-0.2, -0.15) is 0 Å². The molecule has 0 aromatic heterocycles. The number of carboxylic acid groups (broad SMARTS) is 1. The van der Waals surface area contributed by atoms with Crippen LogP contribution in [0.4, 0.5) is 0 Å². The van der Waals surface area contributed by atoms with Gasteiger partial charge in [-0.05, 0) is 18.4 Å². The number of allylic oxidation sites excluding steroid dienone is 2. The molecule has 1 fully saturated rings. The summed E-state index contributed by atoms with van der Waals surface area (Å²) in [5.74, 6) is -1.40. The number of carbonyl (C=O) groups excluding carboxylic acids is 1. The molecule has 20 heavy (non-hydrogen) atoms. The van der Waals surface area contributed by atoms with E-state index in [4.69, 9.17) is 0 Å². The minimum Gasteiger partial charge on any atom is -0.481 e. The number of fused-ring (bicyclic) bond motifs is 1. The van der Waals surface area contributed by atoms with Crippen LogP contribution in [-0.4, -0.2) is 28.9 Å². The number of nitrogens with zero attached hydrogens (tertiary/aromatic N) is 1. The minimum absolute atomic E-state index is 0.0643. The normalized spacial score (nSPS) is 32.2. The monoisotopic (exact) mass is 271 g/mol. The fourth-order valence-electron chi connectivity index (χ4n) is 3.71. The van der Waals surface area contributed by atoms with Crippen molar-refractivity contribution in [3.8, 4) is 0 Å². The fourth-order valence-corrected chi connectivity index (χ4v) is 3.71. The number of hydrogen-bond acceptors (Lipinski definition) is 2. The maximum atomic E-state index is 12.5. The van der Waals surface area contributed by atoms with E-state index < -0.39 is 23.3 Å². The van der Waals surface area contributed by atoms with Gasteiger partial charge in [-0.25, -0.2) is 0 Å². The highest BCUT2D eigenvalue weighted by molar-refractivity contribution is 5.93. The van der Waals surface area contributed by atoms with Crippen molar-refractivity contribution in [2.75, 3.05) is 7.05 Å². The Balaban J connectivity index is 2.18. The van der Waals surface area contributed by atoms with Gasteiger partial charge in [-0.3, -0.25) is 9.59 Å². The van der Waals surface area contributed by atoms with Crippen molar-refractivity contribution in [3.63, 3.8) is 0 Å². The van der Waals surface area contributed by atoms with Crippen molar-refractivity contribution in [3.05, 3.63) is 48.0 Å². The van der Waals surface area contributed by atoms with E-state index >= 15 is 0 Å². The summed E-state index contributed by atoms with van der Waals surface area (Å²) in [5, 5.41) is 9.85. The Bertz CT molecular complexity index is 581. The zero-order valence-electron chi connectivity index (χ0n) is 11.3. The smallest absolute Gasteiger partial charge is 0.313 e. The van der Waals surface area contributed by atoms with Crippen molar-refractivity contribution in [1.82, 2.24) is 4.90 Å². The van der Waals surface area contributed by atoms with Crippen molar-refractivity contribution >= 4 is 11.9 Å². The molecule has 1 heterocycles. The van der Waals surface area contributed by atoms with Crippen molar-refractivity contribution in [2.45, 2.75) is 18.9 Å². The number of likely N-dealkylation sites (tertiary alicyclic amines) is 1. The SMILES string of the molecule is CN1C(=O)[C@@H]2CC=CC[C@@]2(C(=O)O)[C@H]1c1ccccc1. The summed E-state index contributed by atoms with van der Waals surface area (Å²) in [6, 6.07) is 9.07. The van der Waals surface area contributed by atoms with Crippen LogP contribution >= 0.6 is 0 Å². The molecule has 3 rings (SSSR count). The third kappa shape index (κ3) is 1.54. The molecule has 3 atom stereocenters. The summed E-state index contributed by atoms with van der Waals surface area (Å²) in [5.41, 5.74) is -0.148. The lowest BCUT2D eigenvalue weighted by molar-refractivity contribution is -0.154. The van der Waals surface area contributed by atoms with E-state index in [1.54, 1.807) is 11.9 Å².